The summed E-state index contributed by atoms with van der Waals surface area (Å²) in [5, 5.41) is 4.54. The van der Waals surface area contributed by atoms with Gasteiger partial charge in [0.15, 0.2) is 0 Å². The van der Waals surface area contributed by atoms with Crippen molar-refractivity contribution in [3.8, 4) is 5.69 Å². The number of aromatic nitrogens is 2. The summed E-state index contributed by atoms with van der Waals surface area (Å²) < 4.78 is 1.45. The molecule has 0 saturated heterocycles. The van der Waals surface area contributed by atoms with Gasteiger partial charge in [-0.2, -0.15) is 9.78 Å². The molecule has 21 heavy (non-hydrogen) atoms. The Hall–Kier alpha value is -1.94. The zero-order valence-corrected chi connectivity index (χ0v) is 12.8. The molecule has 1 unspecified atom stereocenters. The lowest BCUT2D eigenvalue weighted by Crippen LogP contribution is -2.34. The Kier molecular flexibility index (Phi) is 3.21. The Balaban J connectivity index is 2.12. The molecule has 0 amide bonds. The SMILES string of the molecule is Cc1ccc(-n2nc3c(cc2=O)CC(C)(C)CC3N)cc1. The number of hydrogen-bond donors (Lipinski definition) is 1. The molecule has 1 heterocycles. The molecule has 1 atom stereocenters. The molecule has 0 saturated carbocycles. The first-order valence-electron chi connectivity index (χ1n) is 7.31. The molecular weight excluding hydrogens is 262 g/mol. The first-order chi connectivity index (χ1) is 9.85. The van der Waals surface area contributed by atoms with Gasteiger partial charge in [-0.05, 0) is 42.9 Å². The third kappa shape index (κ3) is 2.63. The van der Waals surface area contributed by atoms with E-state index in [0.29, 0.717) is 0 Å². The minimum Gasteiger partial charge on any atom is -0.323 e. The quantitative estimate of drug-likeness (QED) is 0.874. The van der Waals surface area contributed by atoms with Crippen LogP contribution in [0.1, 0.15) is 43.1 Å². The summed E-state index contributed by atoms with van der Waals surface area (Å²) in [5.74, 6) is 0. The number of aryl methyl sites for hydroxylation is 1. The monoisotopic (exact) mass is 283 g/mol. The van der Waals surface area contributed by atoms with Crippen LogP contribution in [0.25, 0.3) is 5.69 Å². The van der Waals surface area contributed by atoms with Gasteiger partial charge in [-0.1, -0.05) is 31.5 Å². The summed E-state index contributed by atoms with van der Waals surface area (Å²) >= 11 is 0. The summed E-state index contributed by atoms with van der Waals surface area (Å²) in [7, 11) is 0. The minimum atomic E-state index is -0.110. The topological polar surface area (TPSA) is 60.9 Å². The average molecular weight is 283 g/mol. The molecule has 1 aromatic carbocycles. The number of benzene rings is 1. The zero-order chi connectivity index (χ0) is 15.2. The highest BCUT2D eigenvalue weighted by Gasteiger charge is 2.32. The highest BCUT2D eigenvalue weighted by molar-refractivity contribution is 5.35. The molecule has 0 fully saturated rings. The predicted octanol–water partition coefficient (Wildman–Crippen LogP) is 2.51. The van der Waals surface area contributed by atoms with Crippen molar-refractivity contribution in [1.82, 2.24) is 9.78 Å². The molecule has 2 N–H and O–H groups in total. The van der Waals surface area contributed by atoms with Crippen molar-refractivity contribution < 1.29 is 0 Å². The number of rotatable bonds is 1. The fraction of sp³-hybridized carbons (Fsp3) is 0.412. The Morgan fingerprint density at radius 1 is 1.29 bits per heavy atom. The molecule has 1 aliphatic rings. The second-order valence-electron chi connectivity index (χ2n) is 6.79. The lowest BCUT2D eigenvalue weighted by Gasteiger charge is -2.34. The van der Waals surface area contributed by atoms with Gasteiger partial charge in [0.05, 0.1) is 11.4 Å². The van der Waals surface area contributed by atoms with E-state index >= 15 is 0 Å². The molecule has 4 nitrogen and oxygen atoms in total. The summed E-state index contributed by atoms with van der Waals surface area (Å²) in [4.78, 5) is 12.4. The van der Waals surface area contributed by atoms with Crippen molar-refractivity contribution in [2.45, 2.75) is 39.7 Å². The van der Waals surface area contributed by atoms with E-state index in [1.807, 2.05) is 31.2 Å². The molecule has 0 spiro atoms. The van der Waals surface area contributed by atoms with E-state index in [-0.39, 0.29) is 17.0 Å². The van der Waals surface area contributed by atoms with Crippen molar-refractivity contribution in [3.63, 3.8) is 0 Å². The second-order valence-corrected chi connectivity index (χ2v) is 6.79. The maximum Gasteiger partial charge on any atom is 0.271 e. The van der Waals surface area contributed by atoms with Crippen LogP contribution in [0.3, 0.4) is 0 Å². The van der Waals surface area contributed by atoms with E-state index in [1.165, 1.54) is 4.68 Å². The summed E-state index contributed by atoms with van der Waals surface area (Å²) in [6.45, 7) is 6.38. The largest absolute Gasteiger partial charge is 0.323 e. The average Bonchev–Trinajstić information content (AvgIpc) is 2.38. The molecule has 1 aliphatic carbocycles. The Morgan fingerprint density at radius 2 is 1.95 bits per heavy atom. The van der Waals surface area contributed by atoms with Crippen molar-refractivity contribution in [2.24, 2.45) is 11.1 Å². The maximum absolute atomic E-state index is 12.4. The van der Waals surface area contributed by atoms with Gasteiger partial charge in [-0.15, -0.1) is 0 Å². The van der Waals surface area contributed by atoms with E-state index in [0.717, 1.165) is 35.3 Å². The number of nitrogens with two attached hydrogens (primary N) is 1. The third-order valence-electron chi connectivity index (χ3n) is 4.11. The van der Waals surface area contributed by atoms with Crippen LogP contribution in [0.2, 0.25) is 0 Å². The smallest absolute Gasteiger partial charge is 0.271 e. The summed E-state index contributed by atoms with van der Waals surface area (Å²) in [5.41, 5.74) is 10.1. The first-order valence-corrected chi connectivity index (χ1v) is 7.31. The van der Waals surface area contributed by atoms with Crippen molar-refractivity contribution in [2.75, 3.05) is 0 Å². The van der Waals surface area contributed by atoms with Crippen LogP contribution >= 0.6 is 0 Å². The van der Waals surface area contributed by atoms with E-state index in [9.17, 15) is 4.79 Å². The fourth-order valence-electron chi connectivity index (χ4n) is 3.11. The normalized spacial score (nSPS) is 20.1. The maximum atomic E-state index is 12.4. The molecule has 0 bridgehead atoms. The Labute approximate surface area is 124 Å². The summed E-state index contributed by atoms with van der Waals surface area (Å²) in [6.07, 6.45) is 1.74. The lowest BCUT2D eigenvalue weighted by molar-refractivity contribution is 0.276. The Morgan fingerprint density at radius 3 is 2.62 bits per heavy atom. The van der Waals surface area contributed by atoms with Crippen molar-refractivity contribution in [3.05, 3.63) is 57.5 Å². The molecular formula is C17H21N3O. The van der Waals surface area contributed by atoms with Gasteiger partial charge in [-0.25, -0.2) is 0 Å². The van der Waals surface area contributed by atoms with Gasteiger partial charge >= 0.3 is 0 Å². The zero-order valence-electron chi connectivity index (χ0n) is 12.8. The molecule has 2 aromatic rings. The Bertz CT molecular complexity index is 729. The van der Waals surface area contributed by atoms with Crippen LogP contribution in [0.4, 0.5) is 0 Å². The van der Waals surface area contributed by atoms with Crippen LogP contribution in [0, 0.1) is 12.3 Å². The molecule has 110 valence electrons. The van der Waals surface area contributed by atoms with Crippen molar-refractivity contribution in [1.29, 1.82) is 0 Å². The fourth-order valence-corrected chi connectivity index (χ4v) is 3.11. The van der Waals surface area contributed by atoms with E-state index < -0.39 is 0 Å². The van der Waals surface area contributed by atoms with E-state index in [4.69, 9.17) is 5.73 Å². The highest BCUT2D eigenvalue weighted by atomic mass is 16.1. The first kappa shape index (κ1) is 14.0. The van der Waals surface area contributed by atoms with Gasteiger partial charge in [0, 0.05) is 12.1 Å². The van der Waals surface area contributed by atoms with Gasteiger partial charge < -0.3 is 5.73 Å². The van der Waals surface area contributed by atoms with Gasteiger partial charge in [0.1, 0.15) is 0 Å². The van der Waals surface area contributed by atoms with Gasteiger partial charge in [0.2, 0.25) is 0 Å². The number of nitrogens with zero attached hydrogens (tertiary/aromatic N) is 2. The van der Waals surface area contributed by atoms with Crippen LogP contribution < -0.4 is 11.3 Å². The second kappa shape index (κ2) is 4.81. The third-order valence-corrected chi connectivity index (χ3v) is 4.11. The van der Waals surface area contributed by atoms with E-state index in [2.05, 4.69) is 18.9 Å². The van der Waals surface area contributed by atoms with Gasteiger partial charge in [0.25, 0.3) is 5.56 Å². The predicted molar refractivity (Wildman–Crippen MR) is 83.6 cm³/mol. The lowest BCUT2D eigenvalue weighted by atomic mass is 9.74. The molecule has 0 radical (unpaired) electrons. The standard InChI is InChI=1S/C17H21N3O/c1-11-4-6-13(7-5-11)20-15(21)8-12-9-17(2,3)10-14(18)16(12)19-20/h4-8,14H,9-10,18H2,1-3H3. The molecule has 0 aliphatic heterocycles. The van der Waals surface area contributed by atoms with Crippen LogP contribution in [0.5, 0.6) is 0 Å². The molecule has 4 heteroatoms. The van der Waals surface area contributed by atoms with E-state index in [1.54, 1.807) is 6.07 Å². The van der Waals surface area contributed by atoms with Crippen LogP contribution in [0.15, 0.2) is 35.1 Å². The number of hydrogen-bond acceptors (Lipinski definition) is 3. The highest BCUT2D eigenvalue weighted by Crippen LogP contribution is 2.37. The molecule has 3 rings (SSSR count). The van der Waals surface area contributed by atoms with Gasteiger partial charge in [-0.3, -0.25) is 4.79 Å². The number of fused-ring (bicyclic) bond motifs is 1. The van der Waals surface area contributed by atoms with Crippen LogP contribution in [-0.4, -0.2) is 9.78 Å². The summed E-state index contributed by atoms with van der Waals surface area (Å²) in [6, 6.07) is 9.37. The minimum absolute atomic E-state index is 0.0949. The van der Waals surface area contributed by atoms with Crippen molar-refractivity contribution >= 4 is 0 Å². The molecule has 1 aromatic heterocycles. The van der Waals surface area contributed by atoms with Crippen LogP contribution in [-0.2, 0) is 6.42 Å².